The molecule has 128 valence electrons. The average molecular weight is 411 g/mol. The van der Waals surface area contributed by atoms with Crippen molar-refractivity contribution in [2.24, 2.45) is 0 Å². The zero-order valence-electron chi connectivity index (χ0n) is 13.6. The highest BCUT2D eigenvalue weighted by Gasteiger charge is 2.14. The fourth-order valence-corrected chi connectivity index (χ4v) is 2.74. The zero-order valence-corrected chi connectivity index (χ0v) is 16.0. The Bertz CT molecular complexity index is 674. The molecule has 0 bridgehead atoms. The molecule has 0 unspecified atom stereocenters. The number of rotatable bonds is 8. The molecule has 2 rings (SSSR count). The van der Waals surface area contributed by atoms with Crippen LogP contribution < -0.4 is 10.1 Å². The number of hydrogen-bond donors (Lipinski definition) is 1. The van der Waals surface area contributed by atoms with Crippen molar-refractivity contribution < 1.29 is 9.53 Å². The molecule has 0 aliphatic carbocycles. The molecule has 0 saturated heterocycles. The van der Waals surface area contributed by atoms with Crippen LogP contribution in [0.25, 0.3) is 0 Å². The van der Waals surface area contributed by atoms with E-state index in [1.54, 1.807) is 30.3 Å². The average Bonchev–Trinajstić information content (AvgIpc) is 2.58. The minimum Gasteiger partial charge on any atom is -0.493 e. The highest BCUT2D eigenvalue weighted by molar-refractivity contribution is 9.10. The summed E-state index contributed by atoms with van der Waals surface area (Å²) in [6.45, 7) is 2.79. The second-order valence-electron chi connectivity index (χ2n) is 5.51. The molecular formula is C19H21BrClNO2. The predicted molar refractivity (Wildman–Crippen MR) is 103 cm³/mol. The molecule has 24 heavy (non-hydrogen) atoms. The van der Waals surface area contributed by atoms with E-state index < -0.39 is 0 Å². The molecule has 3 nitrogen and oxygen atoms in total. The van der Waals surface area contributed by atoms with Crippen molar-refractivity contribution in [3.63, 3.8) is 0 Å². The number of carbonyl (C=O) groups is 1. The standard InChI is InChI=1S/C19H21BrClNO2/c1-2-3-4-5-12-24-18-11-6-14(20)13-17(18)19(23)22-16-9-7-15(21)8-10-16/h6-11,13H,2-5,12H2,1H3,(H,22,23). The van der Waals surface area contributed by atoms with Crippen LogP contribution in [0.3, 0.4) is 0 Å². The van der Waals surface area contributed by atoms with Crippen molar-refractivity contribution in [3.05, 3.63) is 57.5 Å². The van der Waals surface area contributed by atoms with Gasteiger partial charge in [-0.2, -0.15) is 0 Å². The molecule has 0 saturated carbocycles. The lowest BCUT2D eigenvalue weighted by molar-refractivity contribution is 0.102. The van der Waals surface area contributed by atoms with Crippen molar-refractivity contribution in [1.82, 2.24) is 0 Å². The minimum atomic E-state index is -0.206. The molecule has 0 heterocycles. The van der Waals surface area contributed by atoms with Crippen molar-refractivity contribution in [3.8, 4) is 5.75 Å². The Balaban J connectivity index is 2.05. The van der Waals surface area contributed by atoms with E-state index >= 15 is 0 Å². The van der Waals surface area contributed by atoms with Gasteiger partial charge in [0.15, 0.2) is 0 Å². The van der Waals surface area contributed by atoms with E-state index in [9.17, 15) is 4.79 Å². The third-order valence-corrected chi connectivity index (χ3v) is 4.29. The number of halogens is 2. The Morgan fingerprint density at radius 2 is 1.88 bits per heavy atom. The van der Waals surface area contributed by atoms with Gasteiger partial charge < -0.3 is 10.1 Å². The van der Waals surface area contributed by atoms with Gasteiger partial charge >= 0.3 is 0 Å². The molecule has 0 atom stereocenters. The number of hydrogen-bond acceptors (Lipinski definition) is 2. The van der Waals surface area contributed by atoms with Crippen molar-refractivity contribution >= 4 is 39.1 Å². The van der Waals surface area contributed by atoms with E-state index in [1.807, 2.05) is 12.1 Å². The third-order valence-electron chi connectivity index (χ3n) is 3.54. The zero-order chi connectivity index (χ0) is 17.4. The van der Waals surface area contributed by atoms with Crippen LogP contribution >= 0.6 is 27.5 Å². The number of ether oxygens (including phenoxy) is 1. The molecule has 0 aliphatic rings. The summed E-state index contributed by atoms with van der Waals surface area (Å²) in [6.07, 6.45) is 4.52. The van der Waals surface area contributed by atoms with E-state index in [0.717, 1.165) is 17.3 Å². The predicted octanol–water partition coefficient (Wildman–Crippen LogP) is 6.31. The number of carbonyl (C=O) groups excluding carboxylic acids is 1. The van der Waals surface area contributed by atoms with E-state index in [0.29, 0.717) is 28.6 Å². The van der Waals surface area contributed by atoms with Gasteiger partial charge in [0.1, 0.15) is 5.75 Å². The van der Waals surface area contributed by atoms with E-state index in [4.69, 9.17) is 16.3 Å². The van der Waals surface area contributed by atoms with Gasteiger partial charge in [-0.05, 0) is 48.9 Å². The number of amides is 1. The van der Waals surface area contributed by atoms with Crippen LogP contribution in [0.4, 0.5) is 5.69 Å². The molecule has 5 heteroatoms. The second kappa shape index (κ2) is 9.70. The maximum Gasteiger partial charge on any atom is 0.259 e. The topological polar surface area (TPSA) is 38.3 Å². The van der Waals surface area contributed by atoms with Crippen LogP contribution in [0, 0.1) is 0 Å². The van der Waals surface area contributed by atoms with E-state index in [1.165, 1.54) is 12.8 Å². The summed E-state index contributed by atoms with van der Waals surface area (Å²) in [7, 11) is 0. The van der Waals surface area contributed by atoms with E-state index in [-0.39, 0.29) is 5.91 Å². The number of anilines is 1. The number of unbranched alkanes of at least 4 members (excludes halogenated alkanes) is 3. The first kappa shape index (κ1) is 18.8. The third kappa shape index (κ3) is 5.84. The molecule has 2 aromatic rings. The van der Waals surface area contributed by atoms with Gasteiger partial charge in [0.2, 0.25) is 0 Å². The van der Waals surface area contributed by atoms with Gasteiger partial charge in [0.05, 0.1) is 12.2 Å². The molecule has 1 N–H and O–H groups in total. The first-order valence-corrected chi connectivity index (χ1v) is 9.26. The van der Waals surface area contributed by atoms with Gasteiger partial charge in [-0.25, -0.2) is 0 Å². The fraction of sp³-hybridized carbons (Fsp3) is 0.316. The van der Waals surface area contributed by atoms with Crippen LogP contribution in [-0.4, -0.2) is 12.5 Å². The minimum absolute atomic E-state index is 0.206. The summed E-state index contributed by atoms with van der Waals surface area (Å²) >= 11 is 9.27. The monoisotopic (exact) mass is 409 g/mol. The highest BCUT2D eigenvalue weighted by atomic mass is 79.9. The number of benzene rings is 2. The number of nitrogens with one attached hydrogen (secondary N) is 1. The lowest BCUT2D eigenvalue weighted by Crippen LogP contribution is -2.14. The summed E-state index contributed by atoms with van der Waals surface area (Å²) in [5, 5.41) is 3.50. The molecule has 1 amide bonds. The van der Waals surface area contributed by atoms with Gasteiger partial charge in [0.25, 0.3) is 5.91 Å². The molecule has 2 aromatic carbocycles. The second-order valence-corrected chi connectivity index (χ2v) is 6.86. The largest absolute Gasteiger partial charge is 0.493 e. The summed E-state index contributed by atoms with van der Waals surface area (Å²) in [5.74, 6) is 0.392. The molecule has 0 spiro atoms. The lowest BCUT2D eigenvalue weighted by atomic mass is 10.1. The first-order valence-electron chi connectivity index (χ1n) is 8.09. The Kier molecular flexibility index (Phi) is 7.60. The van der Waals surface area contributed by atoms with Crippen molar-refractivity contribution in [1.29, 1.82) is 0 Å². The van der Waals surface area contributed by atoms with Gasteiger partial charge in [0, 0.05) is 15.2 Å². The highest BCUT2D eigenvalue weighted by Crippen LogP contribution is 2.25. The summed E-state index contributed by atoms with van der Waals surface area (Å²) in [5.41, 5.74) is 1.20. The molecule has 0 aliphatic heterocycles. The van der Waals surface area contributed by atoms with Crippen LogP contribution in [-0.2, 0) is 0 Å². The molecular weight excluding hydrogens is 390 g/mol. The van der Waals surface area contributed by atoms with Crippen molar-refractivity contribution in [2.75, 3.05) is 11.9 Å². The Labute approximate surface area is 156 Å². The Morgan fingerprint density at radius 1 is 1.12 bits per heavy atom. The van der Waals surface area contributed by atoms with Crippen molar-refractivity contribution in [2.45, 2.75) is 32.6 Å². The fourth-order valence-electron chi connectivity index (χ4n) is 2.25. The van der Waals surface area contributed by atoms with Crippen LogP contribution in [0.15, 0.2) is 46.9 Å². The SMILES string of the molecule is CCCCCCOc1ccc(Br)cc1C(=O)Nc1ccc(Cl)cc1. The quantitative estimate of drug-likeness (QED) is 0.517. The molecule has 0 aromatic heterocycles. The van der Waals surface area contributed by atoms with Gasteiger partial charge in [-0.3, -0.25) is 4.79 Å². The van der Waals surface area contributed by atoms with Crippen LogP contribution in [0.2, 0.25) is 5.02 Å². The summed E-state index contributed by atoms with van der Waals surface area (Å²) in [4.78, 5) is 12.6. The summed E-state index contributed by atoms with van der Waals surface area (Å²) in [6, 6.07) is 12.5. The van der Waals surface area contributed by atoms with Gasteiger partial charge in [-0.1, -0.05) is 53.7 Å². The maximum absolute atomic E-state index is 12.6. The Morgan fingerprint density at radius 3 is 2.58 bits per heavy atom. The Hall–Kier alpha value is -1.52. The molecule has 0 radical (unpaired) electrons. The van der Waals surface area contributed by atoms with Crippen LogP contribution in [0.5, 0.6) is 5.75 Å². The normalized spacial score (nSPS) is 10.5. The first-order chi connectivity index (χ1) is 11.6. The maximum atomic E-state index is 12.6. The molecule has 0 fully saturated rings. The smallest absolute Gasteiger partial charge is 0.259 e. The van der Waals surface area contributed by atoms with Gasteiger partial charge in [-0.15, -0.1) is 0 Å². The summed E-state index contributed by atoms with van der Waals surface area (Å²) < 4.78 is 6.65. The lowest BCUT2D eigenvalue weighted by Gasteiger charge is -2.12. The van der Waals surface area contributed by atoms with E-state index in [2.05, 4.69) is 28.2 Å². The van der Waals surface area contributed by atoms with Crippen LogP contribution in [0.1, 0.15) is 43.0 Å².